The summed E-state index contributed by atoms with van der Waals surface area (Å²) >= 11 is 0. The first-order valence-corrected chi connectivity index (χ1v) is 5.86. The maximum Gasteiger partial charge on any atom is 0.130 e. The second-order valence-electron chi connectivity index (χ2n) is 4.32. The molecule has 1 aromatic rings. The number of hydrogen-bond donors (Lipinski definition) is 0. The molecule has 0 fully saturated rings. The molecule has 0 N–H and O–H groups in total. The molecule has 1 aromatic carbocycles. The molecule has 0 spiro atoms. The smallest absolute Gasteiger partial charge is 0.130 e. The van der Waals surface area contributed by atoms with E-state index in [1.54, 1.807) is 6.92 Å². The second-order valence-corrected chi connectivity index (χ2v) is 4.32. The highest BCUT2D eigenvalue weighted by atomic mass is 16.5. The first-order chi connectivity index (χ1) is 7.68. The van der Waals surface area contributed by atoms with E-state index in [9.17, 15) is 4.79 Å². The number of ether oxygens (including phenoxy) is 1. The lowest BCUT2D eigenvalue weighted by Crippen LogP contribution is -2.04. The normalized spacial score (nSPS) is 12.1. The van der Waals surface area contributed by atoms with Gasteiger partial charge in [-0.15, -0.1) is 0 Å². The number of carbonyl (C=O) groups is 1. The van der Waals surface area contributed by atoms with Crippen molar-refractivity contribution in [2.75, 3.05) is 6.61 Å². The lowest BCUT2D eigenvalue weighted by molar-refractivity contribution is -0.117. The Morgan fingerprint density at radius 3 is 2.62 bits per heavy atom. The summed E-state index contributed by atoms with van der Waals surface area (Å²) in [7, 11) is 0. The van der Waals surface area contributed by atoms with Crippen molar-refractivity contribution in [1.29, 1.82) is 0 Å². The van der Waals surface area contributed by atoms with Crippen molar-refractivity contribution >= 4 is 5.78 Å². The zero-order valence-electron chi connectivity index (χ0n) is 10.1. The van der Waals surface area contributed by atoms with Gasteiger partial charge in [-0.1, -0.05) is 25.1 Å². The average molecular weight is 220 g/mol. The van der Waals surface area contributed by atoms with Gasteiger partial charge < -0.3 is 9.53 Å². The van der Waals surface area contributed by atoms with Crippen LogP contribution in [0.4, 0.5) is 0 Å². The Balaban J connectivity index is 2.10. The average Bonchev–Trinajstić information content (AvgIpc) is 2.25. The van der Waals surface area contributed by atoms with Gasteiger partial charge in [0.15, 0.2) is 0 Å². The molecular weight excluding hydrogens is 200 g/mol. The van der Waals surface area contributed by atoms with Crippen molar-refractivity contribution in [3.63, 3.8) is 0 Å². The van der Waals surface area contributed by atoms with E-state index < -0.39 is 0 Å². The van der Waals surface area contributed by atoms with Gasteiger partial charge >= 0.3 is 0 Å². The van der Waals surface area contributed by atoms with Crippen LogP contribution in [0.5, 0.6) is 5.75 Å². The Kier molecular flexibility index (Phi) is 5.62. The third-order valence-electron chi connectivity index (χ3n) is 2.49. The van der Waals surface area contributed by atoms with Gasteiger partial charge in [0.2, 0.25) is 0 Å². The first-order valence-electron chi connectivity index (χ1n) is 5.86. The summed E-state index contributed by atoms with van der Waals surface area (Å²) in [5, 5.41) is 0. The third kappa shape index (κ3) is 5.54. The predicted octanol–water partition coefficient (Wildman–Crippen LogP) is 3.46. The molecular formula is C14H20O2. The molecule has 2 heteroatoms. The van der Waals surface area contributed by atoms with Crippen molar-refractivity contribution in [3.05, 3.63) is 30.3 Å². The van der Waals surface area contributed by atoms with Crippen LogP contribution in [0.25, 0.3) is 0 Å². The van der Waals surface area contributed by atoms with E-state index in [0.717, 1.165) is 25.2 Å². The van der Waals surface area contributed by atoms with Crippen LogP contribution in [0, 0.1) is 5.92 Å². The number of hydrogen-bond acceptors (Lipinski definition) is 2. The van der Waals surface area contributed by atoms with Gasteiger partial charge in [0, 0.05) is 6.42 Å². The predicted molar refractivity (Wildman–Crippen MR) is 65.6 cm³/mol. The summed E-state index contributed by atoms with van der Waals surface area (Å²) in [6, 6.07) is 9.82. The summed E-state index contributed by atoms with van der Waals surface area (Å²) in [6.07, 6.45) is 2.74. The molecule has 0 saturated carbocycles. The topological polar surface area (TPSA) is 26.3 Å². The number of ketones is 1. The standard InChI is InChI=1S/C14H20O2/c1-12(11-13(2)15)7-6-10-16-14-8-4-3-5-9-14/h3-5,8-9,12H,6-7,10-11H2,1-2H3. The Morgan fingerprint density at radius 2 is 2.00 bits per heavy atom. The number of para-hydroxylation sites is 1. The third-order valence-corrected chi connectivity index (χ3v) is 2.49. The Hall–Kier alpha value is -1.31. The Morgan fingerprint density at radius 1 is 1.31 bits per heavy atom. The summed E-state index contributed by atoms with van der Waals surface area (Å²) < 4.78 is 5.58. The van der Waals surface area contributed by atoms with Crippen molar-refractivity contribution in [2.24, 2.45) is 5.92 Å². The molecule has 0 bridgehead atoms. The zero-order chi connectivity index (χ0) is 11.8. The lowest BCUT2D eigenvalue weighted by Gasteiger charge is -2.10. The van der Waals surface area contributed by atoms with Crippen LogP contribution in [0.2, 0.25) is 0 Å². The SMILES string of the molecule is CC(=O)CC(C)CCCOc1ccccc1. The van der Waals surface area contributed by atoms with Crippen LogP contribution in [0.1, 0.15) is 33.1 Å². The number of carbonyl (C=O) groups excluding carboxylic acids is 1. The number of rotatable bonds is 7. The van der Waals surface area contributed by atoms with E-state index in [0.29, 0.717) is 12.3 Å². The summed E-state index contributed by atoms with van der Waals surface area (Å²) in [4.78, 5) is 10.9. The van der Waals surface area contributed by atoms with Gasteiger partial charge in [-0.25, -0.2) is 0 Å². The number of benzene rings is 1. The van der Waals surface area contributed by atoms with Gasteiger partial charge in [-0.2, -0.15) is 0 Å². The minimum absolute atomic E-state index is 0.275. The van der Waals surface area contributed by atoms with Gasteiger partial charge in [-0.05, 0) is 37.8 Å². The van der Waals surface area contributed by atoms with Crippen molar-refractivity contribution in [2.45, 2.75) is 33.1 Å². The first kappa shape index (κ1) is 12.8. The molecule has 0 heterocycles. The molecule has 1 atom stereocenters. The largest absolute Gasteiger partial charge is 0.494 e. The molecule has 0 amide bonds. The van der Waals surface area contributed by atoms with Crippen molar-refractivity contribution in [3.8, 4) is 5.75 Å². The molecule has 1 unspecified atom stereocenters. The molecule has 0 radical (unpaired) electrons. The van der Waals surface area contributed by atoms with Gasteiger partial charge in [0.25, 0.3) is 0 Å². The van der Waals surface area contributed by atoms with Crippen LogP contribution < -0.4 is 4.74 Å². The molecule has 1 rings (SSSR count). The fraction of sp³-hybridized carbons (Fsp3) is 0.500. The van der Waals surface area contributed by atoms with E-state index in [2.05, 4.69) is 6.92 Å². The van der Waals surface area contributed by atoms with Gasteiger partial charge in [-0.3, -0.25) is 0 Å². The van der Waals surface area contributed by atoms with E-state index in [1.807, 2.05) is 30.3 Å². The van der Waals surface area contributed by atoms with Crippen LogP contribution in [-0.4, -0.2) is 12.4 Å². The molecule has 0 aromatic heterocycles. The van der Waals surface area contributed by atoms with E-state index in [-0.39, 0.29) is 5.78 Å². The maximum absolute atomic E-state index is 10.9. The Labute approximate surface area is 97.6 Å². The van der Waals surface area contributed by atoms with Gasteiger partial charge in [0.1, 0.15) is 11.5 Å². The van der Waals surface area contributed by atoms with Crippen LogP contribution >= 0.6 is 0 Å². The van der Waals surface area contributed by atoms with E-state index in [4.69, 9.17) is 4.74 Å². The lowest BCUT2D eigenvalue weighted by atomic mass is 10.0. The fourth-order valence-corrected chi connectivity index (χ4v) is 1.73. The molecule has 0 aliphatic carbocycles. The van der Waals surface area contributed by atoms with E-state index >= 15 is 0 Å². The fourth-order valence-electron chi connectivity index (χ4n) is 1.73. The summed E-state index contributed by atoms with van der Waals surface area (Å²) in [6.45, 7) is 4.49. The molecule has 16 heavy (non-hydrogen) atoms. The monoisotopic (exact) mass is 220 g/mol. The Bertz CT molecular complexity index is 306. The molecule has 0 saturated heterocycles. The number of Topliss-reactive ketones (excluding diaryl/α,β-unsaturated/α-hetero) is 1. The highest BCUT2D eigenvalue weighted by Crippen LogP contribution is 2.13. The minimum atomic E-state index is 0.275. The van der Waals surface area contributed by atoms with E-state index in [1.165, 1.54) is 0 Å². The molecule has 0 aliphatic rings. The zero-order valence-corrected chi connectivity index (χ0v) is 10.1. The highest BCUT2D eigenvalue weighted by Gasteiger charge is 2.04. The maximum atomic E-state index is 10.9. The van der Waals surface area contributed by atoms with Crippen LogP contribution in [-0.2, 0) is 4.79 Å². The molecule has 88 valence electrons. The van der Waals surface area contributed by atoms with Crippen LogP contribution in [0.3, 0.4) is 0 Å². The highest BCUT2D eigenvalue weighted by molar-refractivity contribution is 5.75. The molecule has 2 nitrogen and oxygen atoms in total. The van der Waals surface area contributed by atoms with Crippen molar-refractivity contribution < 1.29 is 9.53 Å². The summed E-state index contributed by atoms with van der Waals surface area (Å²) in [5.74, 6) is 1.66. The minimum Gasteiger partial charge on any atom is -0.494 e. The van der Waals surface area contributed by atoms with Crippen LogP contribution in [0.15, 0.2) is 30.3 Å². The van der Waals surface area contributed by atoms with Crippen molar-refractivity contribution in [1.82, 2.24) is 0 Å². The molecule has 0 aliphatic heterocycles. The second kappa shape index (κ2) is 7.04. The van der Waals surface area contributed by atoms with Gasteiger partial charge in [0.05, 0.1) is 6.61 Å². The summed E-state index contributed by atoms with van der Waals surface area (Å²) in [5.41, 5.74) is 0. The quantitative estimate of drug-likeness (QED) is 0.658.